The summed E-state index contributed by atoms with van der Waals surface area (Å²) in [5.74, 6) is -1.31. The van der Waals surface area contributed by atoms with Crippen molar-refractivity contribution in [1.29, 1.82) is 0 Å². The van der Waals surface area contributed by atoms with Crippen molar-refractivity contribution in [3.05, 3.63) is 0 Å². The van der Waals surface area contributed by atoms with E-state index in [-0.39, 0.29) is 5.41 Å². The maximum atomic E-state index is 10.8. The van der Waals surface area contributed by atoms with Crippen LogP contribution in [0, 0.1) is 5.41 Å². The molecule has 1 aliphatic rings. The van der Waals surface area contributed by atoms with E-state index in [9.17, 15) is 9.59 Å². The van der Waals surface area contributed by atoms with E-state index in [2.05, 4.69) is 0 Å². The van der Waals surface area contributed by atoms with Crippen LogP contribution in [0.15, 0.2) is 0 Å². The molecule has 4 heteroatoms. The van der Waals surface area contributed by atoms with Gasteiger partial charge in [-0.05, 0) is 31.1 Å². The Morgan fingerprint density at radius 3 is 1.42 bits per heavy atom. The first-order valence-corrected chi connectivity index (χ1v) is 9.98. The molecule has 0 bridgehead atoms. The molecule has 1 fully saturated rings. The fourth-order valence-corrected chi connectivity index (χ4v) is 3.56. The van der Waals surface area contributed by atoms with E-state index in [0.29, 0.717) is 12.8 Å². The molecule has 1 aliphatic carbocycles. The van der Waals surface area contributed by atoms with E-state index in [1.165, 1.54) is 64.2 Å². The smallest absolute Gasteiger partial charge is 0.303 e. The molecule has 0 aromatic rings. The second-order valence-corrected chi connectivity index (χ2v) is 7.71. The lowest BCUT2D eigenvalue weighted by Crippen LogP contribution is -2.08. The van der Waals surface area contributed by atoms with Gasteiger partial charge in [-0.2, -0.15) is 0 Å². The average molecular weight is 341 g/mol. The van der Waals surface area contributed by atoms with Crippen LogP contribution in [0.5, 0.6) is 0 Å². The molecule has 0 heterocycles. The second kappa shape index (κ2) is 12.3. The molecule has 0 radical (unpaired) electrons. The van der Waals surface area contributed by atoms with Crippen LogP contribution < -0.4 is 0 Å². The van der Waals surface area contributed by atoms with E-state index in [0.717, 1.165) is 32.1 Å². The van der Waals surface area contributed by atoms with Crippen LogP contribution in [0.3, 0.4) is 0 Å². The number of unbranched alkanes of at least 4 members (excludes halogenated alkanes) is 11. The highest BCUT2D eigenvalue weighted by atomic mass is 16.4. The highest BCUT2D eigenvalue weighted by Crippen LogP contribution is 2.52. The largest absolute Gasteiger partial charge is 0.481 e. The zero-order valence-corrected chi connectivity index (χ0v) is 15.2. The minimum Gasteiger partial charge on any atom is -0.481 e. The van der Waals surface area contributed by atoms with Crippen molar-refractivity contribution in [2.45, 2.75) is 109 Å². The average Bonchev–Trinajstić information content (AvgIpc) is 3.26. The van der Waals surface area contributed by atoms with Gasteiger partial charge >= 0.3 is 11.9 Å². The Labute approximate surface area is 147 Å². The Morgan fingerprint density at radius 1 is 0.625 bits per heavy atom. The summed E-state index contributed by atoms with van der Waals surface area (Å²) in [6, 6.07) is 0. The van der Waals surface area contributed by atoms with E-state index in [1.54, 1.807) is 0 Å². The van der Waals surface area contributed by atoms with Crippen molar-refractivity contribution in [2.24, 2.45) is 5.41 Å². The molecule has 1 saturated carbocycles. The van der Waals surface area contributed by atoms with Crippen LogP contribution in [-0.4, -0.2) is 22.2 Å². The van der Waals surface area contributed by atoms with Gasteiger partial charge in [0.25, 0.3) is 0 Å². The molecule has 140 valence electrons. The van der Waals surface area contributed by atoms with Crippen molar-refractivity contribution in [1.82, 2.24) is 0 Å². The highest BCUT2D eigenvalue weighted by Gasteiger charge is 2.43. The number of carbonyl (C=O) groups is 2. The van der Waals surface area contributed by atoms with Crippen LogP contribution in [0.4, 0.5) is 0 Å². The first-order valence-electron chi connectivity index (χ1n) is 9.98. The summed E-state index contributed by atoms with van der Waals surface area (Å²) in [7, 11) is 0. The minimum absolute atomic E-state index is 0.177. The fourth-order valence-electron chi connectivity index (χ4n) is 3.56. The fraction of sp³-hybridized carbons (Fsp3) is 0.900. The first-order chi connectivity index (χ1) is 11.5. The van der Waals surface area contributed by atoms with Gasteiger partial charge in [-0.1, -0.05) is 70.6 Å². The van der Waals surface area contributed by atoms with Gasteiger partial charge < -0.3 is 10.2 Å². The monoisotopic (exact) mass is 340 g/mol. The Hall–Kier alpha value is -1.06. The third-order valence-corrected chi connectivity index (χ3v) is 5.33. The topological polar surface area (TPSA) is 74.6 Å². The molecule has 0 atom stereocenters. The lowest BCUT2D eigenvalue weighted by atomic mass is 9.94. The second-order valence-electron chi connectivity index (χ2n) is 7.71. The summed E-state index contributed by atoms with van der Waals surface area (Å²) >= 11 is 0. The Kier molecular flexibility index (Phi) is 10.8. The molecule has 0 aromatic heterocycles. The molecule has 0 aliphatic heterocycles. The van der Waals surface area contributed by atoms with Crippen molar-refractivity contribution in [3.8, 4) is 0 Å². The molecular weight excluding hydrogens is 304 g/mol. The molecule has 0 aromatic carbocycles. The van der Waals surface area contributed by atoms with Crippen molar-refractivity contribution in [3.63, 3.8) is 0 Å². The third-order valence-electron chi connectivity index (χ3n) is 5.33. The molecular formula is C20H36O4. The molecule has 0 saturated heterocycles. The van der Waals surface area contributed by atoms with Gasteiger partial charge in [-0.3, -0.25) is 9.59 Å². The molecule has 1 rings (SSSR count). The SMILES string of the molecule is O=C(O)CCCCCCCCCCCCCCC1(CC(=O)O)CC1. The van der Waals surface area contributed by atoms with Gasteiger partial charge in [0, 0.05) is 6.42 Å². The number of hydrogen-bond acceptors (Lipinski definition) is 2. The van der Waals surface area contributed by atoms with E-state index < -0.39 is 11.9 Å². The highest BCUT2D eigenvalue weighted by molar-refractivity contribution is 5.68. The normalized spacial score (nSPS) is 15.3. The summed E-state index contributed by atoms with van der Waals surface area (Å²) in [6.45, 7) is 0. The zero-order valence-electron chi connectivity index (χ0n) is 15.2. The number of carboxylic acid groups (broad SMARTS) is 2. The van der Waals surface area contributed by atoms with Gasteiger partial charge in [-0.15, -0.1) is 0 Å². The van der Waals surface area contributed by atoms with Gasteiger partial charge in [0.05, 0.1) is 6.42 Å². The van der Waals surface area contributed by atoms with Crippen LogP contribution in [-0.2, 0) is 9.59 Å². The summed E-state index contributed by atoms with van der Waals surface area (Å²) in [6.07, 6.45) is 18.6. The molecule has 24 heavy (non-hydrogen) atoms. The van der Waals surface area contributed by atoms with E-state index >= 15 is 0 Å². The molecule has 0 spiro atoms. The van der Waals surface area contributed by atoms with Crippen LogP contribution in [0.2, 0.25) is 0 Å². The predicted octanol–water partition coefficient (Wildman–Crippen LogP) is 5.79. The summed E-state index contributed by atoms with van der Waals surface area (Å²) < 4.78 is 0. The molecule has 0 amide bonds. The Morgan fingerprint density at radius 2 is 1.04 bits per heavy atom. The van der Waals surface area contributed by atoms with Gasteiger partial charge in [-0.25, -0.2) is 0 Å². The van der Waals surface area contributed by atoms with Crippen LogP contribution >= 0.6 is 0 Å². The van der Waals surface area contributed by atoms with Crippen LogP contribution in [0.1, 0.15) is 109 Å². The van der Waals surface area contributed by atoms with E-state index in [1.807, 2.05) is 0 Å². The number of rotatable bonds is 17. The van der Waals surface area contributed by atoms with E-state index in [4.69, 9.17) is 10.2 Å². The molecule has 0 unspecified atom stereocenters. The molecule has 2 N–H and O–H groups in total. The summed E-state index contributed by atoms with van der Waals surface area (Å²) in [5, 5.41) is 17.4. The predicted molar refractivity (Wildman–Crippen MR) is 96.2 cm³/mol. The minimum atomic E-state index is -0.677. The lowest BCUT2D eigenvalue weighted by Gasteiger charge is -2.11. The van der Waals surface area contributed by atoms with Gasteiger partial charge in [0.15, 0.2) is 0 Å². The van der Waals surface area contributed by atoms with Crippen molar-refractivity contribution < 1.29 is 19.8 Å². The van der Waals surface area contributed by atoms with Gasteiger partial charge in [0.1, 0.15) is 0 Å². The van der Waals surface area contributed by atoms with Gasteiger partial charge in [0.2, 0.25) is 0 Å². The Bertz CT molecular complexity index is 361. The number of carboxylic acids is 2. The maximum Gasteiger partial charge on any atom is 0.303 e. The number of aliphatic carboxylic acids is 2. The summed E-state index contributed by atoms with van der Waals surface area (Å²) in [5.41, 5.74) is 0.177. The maximum absolute atomic E-state index is 10.8. The lowest BCUT2D eigenvalue weighted by molar-refractivity contribution is -0.139. The molecule has 4 nitrogen and oxygen atoms in total. The van der Waals surface area contributed by atoms with Crippen molar-refractivity contribution >= 4 is 11.9 Å². The van der Waals surface area contributed by atoms with Crippen molar-refractivity contribution in [2.75, 3.05) is 0 Å². The summed E-state index contributed by atoms with van der Waals surface area (Å²) in [4.78, 5) is 21.2. The Balaban J connectivity index is 1.75. The third kappa shape index (κ3) is 11.5. The first kappa shape index (κ1) is 21.0. The number of hydrogen-bond donors (Lipinski definition) is 2. The zero-order chi connectivity index (χ0) is 17.7. The standard InChI is InChI=1S/C20H36O4/c21-18(22)13-11-9-7-5-3-1-2-4-6-8-10-12-14-20(15-16-20)17-19(23)24/h1-17H2,(H,21,22)(H,23,24). The van der Waals surface area contributed by atoms with Crippen LogP contribution in [0.25, 0.3) is 0 Å². The quantitative estimate of drug-likeness (QED) is 0.329.